The summed E-state index contributed by atoms with van der Waals surface area (Å²) in [5.41, 5.74) is 2.62. The Bertz CT molecular complexity index is 781. The molecule has 0 aliphatic carbocycles. The summed E-state index contributed by atoms with van der Waals surface area (Å²) in [6, 6.07) is 5.07. The van der Waals surface area contributed by atoms with Gasteiger partial charge in [0.1, 0.15) is 6.04 Å². The Labute approximate surface area is 157 Å². The Kier molecular flexibility index (Phi) is 4.94. The summed E-state index contributed by atoms with van der Waals surface area (Å²) in [7, 11) is 0. The molecule has 27 heavy (non-hydrogen) atoms. The average molecular weight is 372 g/mol. The van der Waals surface area contributed by atoms with Crippen molar-refractivity contribution in [3.8, 4) is 0 Å². The number of hydrogen-bond donors (Lipinski definition) is 3. The van der Waals surface area contributed by atoms with Gasteiger partial charge in [0.2, 0.25) is 11.8 Å². The van der Waals surface area contributed by atoms with Crippen LogP contribution in [0.3, 0.4) is 0 Å². The number of aliphatic hydroxyl groups is 1. The topological polar surface area (TPSA) is 102 Å². The lowest BCUT2D eigenvalue weighted by atomic mass is 10.0. The van der Waals surface area contributed by atoms with Crippen LogP contribution in [0.2, 0.25) is 0 Å². The van der Waals surface area contributed by atoms with E-state index in [9.17, 15) is 19.5 Å². The van der Waals surface area contributed by atoms with Gasteiger partial charge in [-0.1, -0.05) is 12.1 Å². The maximum absolute atomic E-state index is 12.9. The molecule has 8 nitrogen and oxygen atoms in total. The van der Waals surface area contributed by atoms with Gasteiger partial charge in [0.05, 0.1) is 6.10 Å². The lowest BCUT2D eigenvalue weighted by Crippen LogP contribution is -2.52. The minimum Gasteiger partial charge on any atom is -0.390 e. The molecule has 2 unspecified atom stereocenters. The highest BCUT2D eigenvalue weighted by atomic mass is 16.3. The minimum absolute atomic E-state index is 0.154. The van der Waals surface area contributed by atoms with Crippen molar-refractivity contribution in [2.24, 2.45) is 0 Å². The molecule has 2 atom stereocenters. The first-order valence-electron chi connectivity index (χ1n) is 9.39. The van der Waals surface area contributed by atoms with Crippen molar-refractivity contribution in [3.05, 3.63) is 34.9 Å². The summed E-state index contributed by atoms with van der Waals surface area (Å²) >= 11 is 0. The van der Waals surface area contributed by atoms with Crippen LogP contribution in [0.15, 0.2) is 18.2 Å². The predicted octanol–water partition coefficient (Wildman–Crippen LogP) is -0.786. The van der Waals surface area contributed by atoms with Gasteiger partial charge >= 0.3 is 0 Å². The molecule has 1 aromatic carbocycles. The largest absolute Gasteiger partial charge is 0.390 e. The Morgan fingerprint density at radius 1 is 1.22 bits per heavy atom. The molecule has 2 fully saturated rings. The first kappa shape index (κ1) is 18.1. The fraction of sp³-hybridized carbons (Fsp3) is 0.526. The zero-order valence-electron chi connectivity index (χ0n) is 15.1. The summed E-state index contributed by atoms with van der Waals surface area (Å²) in [5.74, 6) is -0.830. The van der Waals surface area contributed by atoms with Gasteiger partial charge in [0, 0.05) is 51.3 Å². The molecule has 4 rings (SSSR count). The van der Waals surface area contributed by atoms with E-state index >= 15 is 0 Å². The Morgan fingerprint density at radius 3 is 2.89 bits per heavy atom. The second kappa shape index (κ2) is 7.38. The second-order valence-electron chi connectivity index (χ2n) is 7.44. The average Bonchev–Trinajstić information content (AvgIpc) is 2.82. The standard InChI is InChI=1S/C19H24N4O4/c24-13-8-20-6-7-22(10-13)9-12-2-1-3-14-15(12)11-23(19(14)27)16-4-5-17(25)21-18(16)26/h1-3,13,16,20,24H,4-11H2,(H,21,25,26). The van der Waals surface area contributed by atoms with E-state index in [4.69, 9.17) is 0 Å². The second-order valence-corrected chi connectivity index (χ2v) is 7.44. The van der Waals surface area contributed by atoms with Gasteiger partial charge < -0.3 is 15.3 Å². The van der Waals surface area contributed by atoms with E-state index in [0.29, 0.717) is 38.2 Å². The van der Waals surface area contributed by atoms with E-state index in [1.165, 1.54) is 0 Å². The molecular formula is C19H24N4O4. The first-order chi connectivity index (χ1) is 13.0. The number of piperidine rings is 1. The summed E-state index contributed by atoms with van der Waals surface area (Å²) in [5, 5.41) is 15.5. The lowest BCUT2D eigenvalue weighted by Gasteiger charge is -2.29. The van der Waals surface area contributed by atoms with E-state index in [2.05, 4.69) is 15.5 Å². The van der Waals surface area contributed by atoms with Crippen LogP contribution in [0.4, 0.5) is 0 Å². The van der Waals surface area contributed by atoms with Crippen LogP contribution in [-0.2, 0) is 22.7 Å². The molecule has 3 aliphatic heterocycles. The zero-order chi connectivity index (χ0) is 19.0. The number of nitrogens with zero attached hydrogens (tertiary/aromatic N) is 2. The number of benzene rings is 1. The Balaban J connectivity index is 1.54. The Morgan fingerprint density at radius 2 is 2.07 bits per heavy atom. The summed E-state index contributed by atoms with van der Waals surface area (Å²) in [6.45, 7) is 3.84. The van der Waals surface area contributed by atoms with Crippen LogP contribution < -0.4 is 10.6 Å². The number of carbonyl (C=O) groups is 3. The third kappa shape index (κ3) is 3.60. The maximum Gasteiger partial charge on any atom is 0.255 e. The van der Waals surface area contributed by atoms with Crippen molar-refractivity contribution < 1.29 is 19.5 Å². The number of nitrogens with one attached hydrogen (secondary N) is 2. The molecule has 8 heteroatoms. The number of β-amino-alcohol motifs (C(OH)–C–C–N with tert-alkyl or cyclic N) is 1. The fourth-order valence-electron chi connectivity index (χ4n) is 4.14. The van der Waals surface area contributed by atoms with Crippen LogP contribution in [0.25, 0.3) is 0 Å². The van der Waals surface area contributed by atoms with E-state index in [-0.39, 0.29) is 18.2 Å². The van der Waals surface area contributed by atoms with Crippen LogP contribution in [0, 0.1) is 0 Å². The molecule has 1 aromatic rings. The number of amides is 3. The van der Waals surface area contributed by atoms with Crippen LogP contribution in [0.1, 0.15) is 34.3 Å². The molecule has 0 spiro atoms. The van der Waals surface area contributed by atoms with Crippen LogP contribution >= 0.6 is 0 Å². The first-order valence-corrected chi connectivity index (χ1v) is 9.39. The van der Waals surface area contributed by atoms with E-state index < -0.39 is 18.1 Å². The smallest absolute Gasteiger partial charge is 0.255 e. The van der Waals surface area contributed by atoms with Gasteiger partial charge in [-0.15, -0.1) is 0 Å². The highest BCUT2D eigenvalue weighted by Gasteiger charge is 2.39. The normalized spacial score (nSPS) is 26.7. The number of fused-ring (bicyclic) bond motifs is 1. The van der Waals surface area contributed by atoms with Crippen molar-refractivity contribution in [2.75, 3.05) is 26.2 Å². The van der Waals surface area contributed by atoms with Crippen molar-refractivity contribution in [3.63, 3.8) is 0 Å². The number of imide groups is 1. The molecule has 0 radical (unpaired) electrons. The van der Waals surface area contributed by atoms with Crippen LogP contribution in [-0.4, -0.2) is 71.0 Å². The third-order valence-corrected chi connectivity index (χ3v) is 5.53. The highest BCUT2D eigenvalue weighted by molar-refractivity contribution is 6.05. The van der Waals surface area contributed by atoms with Gasteiger partial charge in [-0.2, -0.15) is 0 Å². The molecule has 0 aromatic heterocycles. The number of hydrogen-bond acceptors (Lipinski definition) is 6. The SMILES string of the molecule is O=C1CCC(N2Cc3c(CN4CCNCC(O)C4)cccc3C2=O)C(=O)N1. The van der Waals surface area contributed by atoms with Crippen molar-refractivity contribution in [1.82, 2.24) is 20.4 Å². The predicted molar refractivity (Wildman–Crippen MR) is 96.6 cm³/mol. The minimum atomic E-state index is -0.598. The molecule has 0 saturated carbocycles. The van der Waals surface area contributed by atoms with Crippen LogP contribution in [0.5, 0.6) is 0 Å². The Hall–Kier alpha value is -2.29. The maximum atomic E-state index is 12.9. The molecule has 3 N–H and O–H groups in total. The van der Waals surface area contributed by atoms with E-state index in [1.54, 1.807) is 11.0 Å². The molecule has 3 amide bonds. The van der Waals surface area contributed by atoms with Gasteiger partial charge in [-0.25, -0.2) is 0 Å². The number of aliphatic hydroxyl groups excluding tert-OH is 1. The van der Waals surface area contributed by atoms with E-state index in [0.717, 1.165) is 24.2 Å². The highest BCUT2D eigenvalue weighted by Crippen LogP contribution is 2.30. The van der Waals surface area contributed by atoms with Gasteiger partial charge in [0.15, 0.2) is 0 Å². The molecule has 2 saturated heterocycles. The quantitative estimate of drug-likeness (QED) is 0.602. The summed E-state index contributed by atoms with van der Waals surface area (Å²) in [4.78, 5) is 40.2. The monoisotopic (exact) mass is 372 g/mol. The molecule has 3 aliphatic rings. The lowest BCUT2D eigenvalue weighted by molar-refractivity contribution is -0.136. The van der Waals surface area contributed by atoms with Crippen molar-refractivity contribution >= 4 is 17.7 Å². The molecule has 144 valence electrons. The molecule has 3 heterocycles. The zero-order valence-corrected chi connectivity index (χ0v) is 15.1. The van der Waals surface area contributed by atoms with Crippen molar-refractivity contribution in [1.29, 1.82) is 0 Å². The van der Waals surface area contributed by atoms with E-state index in [1.807, 2.05) is 12.1 Å². The fourth-order valence-corrected chi connectivity index (χ4v) is 4.14. The van der Waals surface area contributed by atoms with Gasteiger partial charge in [-0.3, -0.25) is 24.6 Å². The molecule has 0 bridgehead atoms. The van der Waals surface area contributed by atoms with Crippen molar-refractivity contribution in [2.45, 2.75) is 38.1 Å². The van der Waals surface area contributed by atoms with Gasteiger partial charge in [-0.05, 0) is 23.6 Å². The molecular weight excluding hydrogens is 348 g/mol. The summed E-state index contributed by atoms with van der Waals surface area (Å²) in [6.07, 6.45) is 0.206. The number of carbonyl (C=O) groups excluding carboxylic acids is 3. The van der Waals surface area contributed by atoms with Gasteiger partial charge in [0.25, 0.3) is 5.91 Å². The number of rotatable bonds is 3. The summed E-state index contributed by atoms with van der Waals surface area (Å²) < 4.78 is 0. The third-order valence-electron chi connectivity index (χ3n) is 5.53.